The average molecular weight is 232 g/mol. The molecule has 17 heavy (non-hydrogen) atoms. The minimum absolute atomic E-state index is 0.833. The number of hydrogen-bond donors (Lipinski definition) is 1. The zero-order valence-electron chi connectivity index (χ0n) is 11.1. The van der Waals surface area contributed by atoms with Crippen molar-refractivity contribution in [3.05, 3.63) is 35.4 Å². The second-order valence-corrected chi connectivity index (χ2v) is 5.27. The molecular formula is C15H24N2. The van der Waals surface area contributed by atoms with Gasteiger partial charge in [0, 0.05) is 25.7 Å². The lowest BCUT2D eigenvalue weighted by molar-refractivity contribution is 0.335. The first-order valence-corrected chi connectivity index (χ1v) is 6.71. The third-order valence-electron chi connectivity index (χ3n) is 3.37. The molecule has 0 bridgehead atoms. The van der Waals surface area contributed by atoms with Crippen molar-refractivity contribution in [1.82, 2.24) is 10.2 Å². The maximum absolute atomic E-state index is 3.55. The SMILES string of the molecule is Cc1cccc(CCN(C)CCNC2CC2)c1. The third kappa shape index (κ3) is 4.88. The second kappa shape index (κ2) is 6.18. The minimum Gasteiger partial charge on any atom is -0.313 e. The summed E-state index contributed by atoms with van der Waals surface area (Å²) >= 11 is 0. The van der Waals surface area contributed by atoms with Crippen LogP contribution in [0.1, 0.15) is 24.0 Å². The highest BCUT2D eigenvalue weighted by Gasteiger charge is 2.19. The quantitative estimate of drug-likeness (QED) is 0.775. The fourth-order valence-electron chi connectivity index (χ4n) is 2.05. The van der Waals surface area contributed by atoms with Crippen molar-refractivity contribution >= 4 is 0 Å². The maximum Gasteiger partial charge on any atom is 0.0104 e. The molecule has 1 aliphatic rings. The van der Waals surface area contributed by atoms with Gasteiger partial charge >= 0.3 is 0 Å². The van der Waals surface area contributed by atoms with Gasteiger partial charge in [0.2, 0.25) is 0 Å². The average Bonchev–Trinajstić information content (AvgIpc) is 3.11. The molecule has 2 rings (SSSR count). The normalized spacial score (nSPS) is 15.5. The van der Waals surface area contributed by atoms with E-state index in [4.69, 9.17) is 0 Å². The van der Waals surface area contributed by atoms with Gasteiger partial charge in [0.25, 0.3) is 0 Å². The summed E-state index contributed by atoms with van der Waals surface area (Å²) in [5, 5.41) is 3.55. The summed E-state index contributed by atoms with van der Waals surface area (Å²) in [6, 6.07) is 9.66. The predicted molar refractivity (Wildman–Crippen MR) is 73.4 cm³/mol. The molecule has 2 heteroatoms. The van der Waals surface area contributed by atoms with E-state index in [9.17, 15) is 0 Å². The molecular weight excluding hydrogens is 208 g/mol. The molecule has 0 heterocycles. The summed E-state index contributed by atoms with van der Waals surface area (Å²) in [6.07, 6.45) is 3.92. The molecule has 0 atom stereocenters. The lowest BCUT2D eigenvalue weighted by Crippen LogP contribution is -2.31. The van der Waals surface area contributed by atoms with E-state index in [0.29, 0.717) is 0 Å². The van der Waals surface area contributed by atoms with Crippen LogP contribution in [-0.2, 0) is 6.42 Å². The van der Waals surface area contributed by atoms with Gasteiger partial charge in [0.05, 0.1) is 0 Å². The number of aryl methyl sites for hydroxylation is 1. The van der Waals surface area contributed by atoms with E-state index in [1.165, 1.54) is 24.0 Å². The van der Waals surface area contributed by atoms with Gasteiger partial charge in [-0.05, 0) is 38.8 Å². The molecule has 0 aliphatic heterocycles. The number of nitrogens with zero attached hydrogens (tertiary/aromatic N) is 1. The summed E-state index contributed by atoms with van der Waals surface area (Å²) in [6.45, 7) is 5.60. The predicted octanol–water partition coefficient (Wildman–Crippen LogP) is 2.22. The maximum atomic E-state index is 3.55. The molecule has 0 aromatic heterocycles. The van der Waals surface area contributed by atoms with E-state index in [2.05, 4.69) is 48.5 Å². The molecule has 1 aromatic rings. The Bertz CT molecular complexity index is 345. The molecule has 1 fully saturated rings. The van der Waals surface area contributed by atoms with Crippen molar-refractivity contribution in [2.45, 2.75) is 32.2 Å². The molecule has 0 unspecified atom stereocenters. The Balaban J connectivity index is 1.62. The molecule has 0 radical (unpaired) electrons. The number of hydrogen-bond acceptors (Lipinski definition) is 2. The van der Waals surface area contributed by atoms with Gasteiger partial charge in [-0.15, -0.1) is 0 Å². The van der Waals surface area contributed by atoms with Crippen LogP contribution in [-0.4, -0.2) is 37.6 Å². The summed E-state index contributed by atoms with van der Waals surface area (Å²) in [5.74, 6) is 0. The van der Waals surface area contributed by atoms with Gasteiger partial charge in [0.1, 0.15) is 0 Å². The van der Waals surface area contributed by atoms with Crippen molar-refractivity contribution < 1.29 is 0 Å². The van der Waals surface area contributed by atoms with Crippen LogP contribution in [0.15, 0.2) is 24.3 Å². The second-order valence-electron chi connectivity index (χ2n) is 5.27. The van der Waals surface area contributed by atoms with Crippen molar-refractivity contribution in [2.75, 3.05) is 26.7 Å². The number of benzene rings is 1. The highest BCUT2D eigenvalue weighted by molar-refractivity contribution is 5.22. The fraction of sp³-hybridized carbons (Fsp3) is 0.600. The number of likely N-dealkylation sites (N-methyl/N-ethyl adjacent to an activating group) is 1. The molecule has 2 nitrogen and oxygen atoms in total. The monoisotopic (exact) mass is 232 g/mol. The van der Waals surface area contributed by atoms with E-state index >= 15 is 0 Å². The Kier molecular flexibility index (Phi) is 4.57. The van der Waals surface area contributed by atoms with Crippen LogP contribution in [0.2, 0.25) is 0 Å². The van der Waals surface area contributed by atoms with Gasteiger partial charge < -0.3 is 10.2 Å². The Hall–Kier alpha value is -0.860. The summed E-state index contributed by atoms with van der Waals surface area (Å²) in [7, 11) is 2.21. The zero-order chi connectivity index (χ0) is 12.1. The van der Waals surface area contributed by atoms with Crippen LogP contribution in [0.4, 0.5) is 0 Å². The van der Waals surface area contributed by atoms with Crippen molar-refractivity contribution in [3.8, 4) is 0 Å². The summed E-state index contributed by atoms with van der Waals surface area (Å²) < 4.78 is 0. The smallest absolute Gasteiger partial charge is 0.0104 e. The van der Waals surface area contributed by atoms with Crippen LogP contribution in [0, 0.1) is 6.92 Å². The van der Waals surface area contributed by atoms with E-state index in [-0.39, 0.29) is 0 Å². The van der Waals surface area contributed by atoms with Gasteiger partial charge in [-0.2, -0.15) is 0 Å². The van der Waals surface area contributed by atoms with E-state index in [0.717, 1.165) is 32.1 Å². The molecule has 0 saturated heterocycles. The zero-order valence-corrected chi connectivity index (χ0v) is 11.1. The van der Waals surface area contributed by atoms with E-state index in [1.54, 1.807) is 0 Å². The van der Waals surface area contributed by atoms with Crippen molar-refractivity contribution in [1.29, 1.82) is 0 Å². The van der Waals surface area contributed by atoms with Crippen molar-refractivity contribution in [2.24, 2.45) is 0 Å². The Morgan fingerprint density at radius 3 is 2.82 bits per heavy atom. The van der Waals surface area contributed by atoms with Gasteiger partial charge in [-0.1, -0.05) is 29.8 Å². The number of nitrogens with one attached hydrogen (secondary N) is 1. The van der Waals surface area contributed by atoms with Gasteiger partial charge in [0.15, 0.2) is 0 Å². The van der Waals surface area contributed by atoms with Gasteiger partial charge in [-0.25, -0.2) is 0 Å². The molecule has 0 amide bonds. The van der Waals surface area contributed by atoms with Crippen LogP contribution >= 0.6 is 0 Å². The summed E-state index contributed by atoms with van der Waals surface area (Å²) in [4.78, 5) is 2.41. The first kappa shape index (κ1) is 12.6. The molecule has 0 spiro atoms. The Morgan fingerprint density at radius 2 is 2.12 bits per heavy atom. The Morgan fingerprint density at radius 1 is 1.29 bits per heavy atom. The van der Waals surface area contributed by atoms with E-state index in [1.807, 2.05) is 0 Å². The minimum atomic E-state index is 0.833. The van der Waals surface area contributed by atoms with Crippen molar-refractivity contribution in [3.63, 3.8) is 0 Å². The van der Waals surface area contributed by atoms with Crippen LogP contribution in [0.3, 0.4) is 0 Å². The first-order valence-electron chi connectivity index (χ1n) is 6.71. The standard InChI is InChI=1S/C15H24N2/c1-13-4-3-5-14(12-13)8-10-17(2)11-9-16-15-6-7-15/h3-5,12,15-16H,6-11H2,1-2H3. The topological polar surface area (TPSA) is 15.3 Å². The lowest BCUT2D eigenvalue weighted by atomic mass is 10.1. The molecule has 1 saturated carbocycles. The van der Waals surface area contributed by atoms with Crippen LogP contribution in [0.5, 0.6) is 0 Å². The van der Waals surface area contributed by atoms with Crippen LogP contribution < -0.4 is 5.32 Å². The first-order chi connectivity index (χ1) is 8.24. The molecule has 94 valence electrons. The highest BCUT2D eigenvalue weighted by atomic mass is 15.1. The third-order valence-corrected chi connectivity index (χ3v) is 3.37. The molecule has 1 aromatic carbocycles. The highest BCUT2D eigenvalue weighted by Crippen LogP contribution is 2.17. The Labute approximate surface area is 105 Å². The molecule has 1 aliphatic carbocycles. The van der Waals surface area contributed by atoms with Crippen LogP contribution in [0.25, 0.3) is 0 Å². The number of rotatable bonds is 7. The van der Waals surface area contributed by atoms with Gasteiger partial charge in [-0.3, -0.25) is 0 Å². The largest absolute Gasteiger partial charge is 0.313 e. The molecule has 1 N–H and O–H groups in total. The fourth-order valence-corrected chi connectivity index (χ4v) is 2.05. The van der Waals surface area contributed by atoms with E-state index < -0.39 is 0 Å². The summed E-state index contributed by atoms with van der Waals surface area (Å²) in [5.41, 5.74) is 2.81. The lowest BCUT2D eigenvalue weighted by Gasteiger charge is -2.16.